The van der Waals surface area contributed by atoms with Crippen molar-refractivity contribution in [3.63, 3.8) is 0 Å². The summed E-state index contributed by atoms with van der Waals surface area (Å²) < 4.78 is 1.92. The minimum absolute atomic E-state index is 0.527. The molecule has 1 heterocycles. The fraction of sp³-hybridized carbons (Fsp3) is 0.467. The second kappa shape index (κ2) is 6.48. The average molecular weight is 258 g/mol. The normalized spacial score (nSPS) is 12.8. The number of hydrogen-bond acceptors (Lipinski definition) is 3. The van der Waals surface area contributed by atoms with Gasteiger partial charge in [0.15, 0.2) is 0 Å². The van der Waals surface area contributed by atoms with Gasteiger partial charge in [0.05, 0.1) is 17.6 Å². The lowest BCUT2D eigenvalue weighted by Gasteiger charge is -2.19. The van der Waals surface area contributed by atoms with E-state index in [1.165, 1.54) is 0 Å². The van der Waals surface area contributed by atoms with E-state index in [9.17, 15) is 0 Å². The molecule has 1 aromatic carbocycles. The Bertz CT molecular complexity index is 490. The Kier molecular flexibility index (Phi) is 4.68. The zero-order chi connectivity index (χ0) is 13.7. The molecule has 0 bridgehead atoms. The molecule has 0 spiro atoms. The van der Waals surface area contributed by atoms with Crippen LogP contribution in [0.25, 0.3) is 5.69 Å². The Morgan fingerprint density at radius 3 is 2.58 bits per heavy atom. The van der Waals surface area contributed by atoms with E-state index < -0.39 is 0 Å². The SMILES string of the molecule is CNC(CCc1cnnn1-c1ccccc1)C(C)C. The smallest absolute Gasteiger partial charge is 0.0729 e. The summed E-state index contributed by atoms with van der Waals surface area (Å²) >= 11 is 0. The fourth-order valence-electron chi connectivity index (χ4n) is 2.33. The van der Waals surface area contributed by atoms with Gasteiger partial charge in [-0.05, 0) is 37.9 Å². The summed E-state index contributed by atoms with van der Waals surface area (Å²) in [6.45, 7) is 4.49. The van der Waals surface area contributed by atoms with Crippen LogP contribution in [0.2, 0.25) is 0 Å². The first-order chi connectivity index (χ1) is 9.22. The molecule has 0 saturated heterocycles. The van der Waals surface area contributed by atoms with Crippen LogP contribution in [0, 0.1) is 5.92 Å². The van der Waals surface area contributed by atoms with Crippen molar-refractivity contribution >= 4 is 0 Å². The summed E-state index contributed by atoms with van der Waals surface area (Å²) in [4.78, 5) is 0. The van der Waals surface area contributed by atoms with Crippen LogP contribution >= 0.6 is 0 Å². The summed E-state index contributed by atoms with van der Waals surface area (Å²) in [5, 5.41) is 11.6. The maximum Gasteiger partial charge on any atom is 0.0729 e. The molecule has 1 atom stereocenters. The van der Waals surface area contributed by atoms with Gasteiger partial charge in [-0.2, -0.15) is 0 Å². The standard InChI is InChI=1S/C15H22N4/c1-12(2)15(16-3)10-9-14-11-17-18-19(14)13-7-5-4-6-8-13/h4-8,11-12,15-16H,9-10H2,1-3H3. The molecule has 2 aromatic rings. The Labute approximate surface area is 114 Å². The minimum atomic E-state index is 0.527. The predicted octanol–water partition coefficient (Wildman–Crippen LogP) is 2.44. The number of aryl methyl sites for hydroxylation is 1. The molecule has 0 saturated carbocycles. The van der Waals surface area contributed by atoms with Gasteiger partial charge in [0.1, 0.15) is 0 Å². The van der Waals surface area contributed by atoms with Crippen LogP contribution in [0.4, 0.5) is 0 Å². The maximum absolute atomic E-state index is 4.18. The summed E-state index contributed by atoms with van der Waals surface area (Å²) in [5.41, 5.74) is 2.23. The molecule has 102 valence electrons. The number of rotatable bonds is 6. The second-order valence-corrected chi connectivity index (χ2v) is 5.15. The van der Waals surface area contributed by atoms with Crippen LogP contribution in [0.15, 0.2) is 36.5 Å². The predicted molar refractivity (Wildman–Crippen MR) is 77.4 cm³/mol. The van der Waals surface area contributed by atoms with Crippen LogP contribution in [-0.2, 0) is 6.42 Å². The molecule has 0 aliphatic carbocycles. The van der Waals surface area contributed by atoms with E-state index in [0.29, 0.717) is 12.0 Å². The zero-order valence-corrected chi connectivity index (χ0v) is 11.9. The summed E-state index contributed by atoms with van der Waals surface area (Å²) in [6.07, 6.45) is 3.93. The molecule has 2 rings (SSSR count). The van der Waals surface area contributed by atoms with Crippen LogP contribution in [0.5, 0.6) is 0 Å². The van der Waals surface area contributed by atoms with Crippen molar-refractivity contribution in [2.75, 3.05) is 7.05 Å². The zero-order valence-electron chi connectivity index (χ0n) is 11.9. The van der Waals surface area contributed by atoms with Crippen LogP contribution in [0.3, 0.4) is 0 Å². The fourth-order valence-corrected chi connectivity index (χ4v) is 2.33. The highest BCUT2D eigenvalue weighted by atomic mass is 15.4. The molecule has 4 nitrogen and oxygen atoms in total. The van der Waals surface area contributed by atoms with Gasteiger partial charge in [-0.3, -0.25) is 0 Å². The van der Waals surface area contributed by atoms with Crippen molar-refractivity contribution in [3.8, 4) is 5.69 Å². The van der Waals surface area contributed by atoms with Crippen molar-refractivity contribution in [1.82, 2.24) is 20.3 Å². The lowest BCUT2D eigenvalue weighted by molar-refractivity contribution is 0.400. The number of nitrogens with one attached hydrogen (secondary N) is 1. The minimum Gasteiger partial charge on any atom is -0.317 e. The molecular weight excluding hydrogens is 236 g/mol. The largest absolute Gasteiger partial charge is 0.317 e. The van der Waals surface area contributed by atoms with Crippen LogP contribution in [-0.4, -0.2) is 28.1 Å². The molecule has 1 N–H and O–H groups in total. The van der Waals surface area contributed by atoms with Gasteiger partial charge in [0.25, 0.3) is 0 Å². The molecule has 0 amide bonds. The van der Waals surface area contributed by atoms with Crippen LogP contribution in [0.1, 0.15) is 26.0 Å². The van der Waals surface area contributed by atoms with E-state index in [1.807, 2.05) is 36.1 Å². The van der Waals surface area contributed by atoms with E-state index in [0.717, 1.165) is 24.2 Å². The van der Waals surface area contributed by atoms with Gasteiger partial charge in [0, 0.05) is 6.04 Å². The lowest BCUT2D eigenvalue weighted by Crippen LogP contribution is -2.31. The molecule has 0 aliphatic rings. The number of hydrogen-bond donors (Lipinski definition) is 1. The topological polar surface area (TPSA) is 42.7 Å². The summed E-state index contributed by atoms with van der Waals surface area (Å²) in [6, 6.07) is 10.7. The average Bonchev–Trinajstić information content (AvgIpc) is 2.88. The third-order valence-corrected chi connectivity index (χ3v) is 3.51. The molecule has 0 fully saturated rings. The Morgan fingerprint density at radius 1 is 1.21 bits per heavy atom. The monoisotopic (exact) mass is 258 g/mol. The molecule has 1 aromatic heterocycles. The van der Waals surface area contributed by atoms with Gasteiger partial charge >= 0.3 is 0 Å². The second-order valence-electron chi connectivity index (χ2n) is 5.15. The Morgan fingerprint density at radius 2 is 1.95 bits per heavy atom. The molecule has 0 radical (unpaired) electrons. The van der Waals surface area contributed by atoms with Gasteiger partial charge in [-0.25, -0.2) is 4.68 Å². The maximum atomic E-state index is 4.18. The van der Waals surface area contributed by atoms with Gasteiger partial charge in [0.2, 0.25) is 0 Å². The number of aromatic nitrogens is 3. The lowest BCUT2D eigenvalue weighted by atomic mass is 9.99. The molecule has 19 heavy (non-hydrogen) atoms. The first-order valence-electron chi connectivity index (χ1n) is 6.84. The van der Waals surface area contributed by atoms with Gasteiger partial charge in [-0.1, -0.05) is 37.3 Å². The van der Waals surface area contributed by atoms with Gasteiger partial charge in [-0.15, -0.1) is 5.10 Å². The third-order valence-electron chi connectivity index (χ3n) is 3.51. The highest BCUT2D eigenvalue weighted by Crippen LogP contribution is 2.13. The first-order valence-corrected chi connectivity index (χ1v) is 6.84. The van der Waals surface area contributed by atoms with Crippen molar-refractivity contribution in [1.29, 1.82) is 0 Å². The van der Waals surface area contributed by atoms with Crippen molar-refractivity contribution in [3.05, 3.63) is 42.2 Å². The number of benzene rings is 1. The van der Waals surface area contributed by atoms with Crippen molar-refractivity contribution in [2.24, 2.45) is 5.92 Å². The Balaban J connectivity index is 2.08. The highest BCUT2D eigenvalue weighted by Gasteiger charge is 2.13. The molecular formula is C15H22N4. The highest BCUT2D eigenvalue weighted by molar-refractivity contribution is 5.31. The summed E-state index contributed by atoms with van der Waals surface area (Å²) in [5.74, 6) is 0.631. The molecule has 4 heteroatoms. The quantitative estimate of drug-likeness (QED) is 0.865. The third kappa shape index (κ3) is 3.41. The van der Waals surface area contributed by atoms with E-state index in [2.05, 4.69) is 41.6 Å². The van der Waals surface area contributed by atoms with E-state index in [-0.39, 0.29) is 0 Å². The Hall–Kier alpha value is -1.68. The van der Waals surface area contributed by atoms with Crippen molar-refractivity contribution < 1.29 is 0 Å². The molecule has 1 unspecified atom stereocenters. The van der Waals surface area contributed by atoms with Gasteiger partial charge < -0.3 is 5.32 Å². The van der Waals surface area contributed by atoms with E-state index in [1.54, 1.807) is 0 Å². The number of para-hydroxylation sites is 1. The van der Waals surface area contributed by atoms with E-state index >= 15 is 0 Å². The first kappa shape index (κ1) is 13.7. The van der Waals surface area contributed by atoms with E-state index in [4.69, 9.17) is 0 Å². The number of nitrogens with zero attached hydrogens (tertiary/aromatic N) is 3. The molecule has 0 aliphatic heterocycles. The van der Waals surface area contributed by atoms with Crippen LogP contribution < -0.4 is 5.32 Å². The van der Waals surface area contributed by atoms with Crippen molar-refractivity contribution in [2.45, 2.75) is 32.7 Å². The summed E-state index contributed by atoms with van der Waals surface area (Å²) in [7, 11) is 2.03.